The topological polar surface area (TPSA) is 49.0 Å². The highest BCUT2D eigenvalue weighted by atomic mass is 35.5. The van der Waals surface area contributed by atoms with E-state index in [1.807, 2.05) is 37.4 Å². The van der Waals surface area contributed by atoms with Gasteiger partial charge in [0.1, 0.15) is 5.82 Å². The zero-order valence-electron chi connectivity index (χ0n) is 13.9. The highest BCUT2D eigenvalue weighted by Crippen LogP contribution is 2.41. The average molecular weight is 340 g/mol. The molecule has 0 unspecified atom stereocenters. The molecule has 1 amide bonds. The Morgan fingerprint density at radius 1 is 1.21 bits per heavy atom. The minimum absolute atomic E-state index is 0.152. The van der Waals surface area contributed by atoms with Crippen molar-refractivity contribution in [3.05, 3.63) is 47.0 Å². The van der Waals surface area contributed by atoms with Crippen molar-refractivity contribution in [3.63, 3.8) is 0 Å². The van der Waals surface area contributed by atoms with E-state index < -0.39 is 0 Å². The molecule has 0 atom stereocenters. The van der Waals surface area contributed by atoms with Crippen LogP contribution in [0.2, 0.25) is 5.02 Å². The lowest BCUT2D eigenvalue weighted by Gasteiger charge is -2.37. The first-order valence-electron chi connectivity index (χ1n) is 7.92. The summed E-state index contributed by atoms with van der Waals surface area (Å²) < 4.78 is 0. The van der Waals surface area contributed by atoms with Crippen LogP contribution in [0.5, 0.6) is 0 Å². The minimum atomic E-state index is -0.190. The van der Waals surface area contributed by atoms with E-state index in [9.17, 15) is 4.79 Å². The summed E-state index contributed by atoms with van der Waals surface area (Å²) in [5.41, 5.74) is 4.77. The summed E-state index contributed by atoms with van der Waals surface area (Å²) in [4.78, 5) is 21.9. The maximum absolute atomic E-state index is 12.2. The van der Waals surface area contributed by atoms with Gasteiger partial charge in [0.2, 0.25) is 5.91 Å². The first kappa shape index (κ1) is 15.2. The molecule has 5 heteroatoms. The lowest BCUT2D eigenvalue weighted by molar-refractivity contribution is -0.119. The summed E-state index contributed by atoms with van der Waals surface area (Å²) in [6.07, 6.45) is 0.510. The predicted molar refractivity (Wildman–Crippen MR) is 97.6 cm³/mol. The molecule has 0 saturated carbocycles. The Kier molecular flexibility index (Phi) is 3.22. The van der Waals surface area contributed by atoms with Crippen LogP contribution in [0.15, 0.2) is 36.4 Å². The van der Waals surface area contributed by atoms with Gasteiger partial charge in [-0.2, -0.15) is 0 Å². The number of fused-ring (bicyclic) bond motifs is 2. The van der Waals surface area contributed by atoms with Gasteiger partial charge in [-0.05, 0) is 42.0 Å². The maximum Gasteiger partial charge on any atom is 0.227 e. The van der Waals surface area contributed by atoms with Gasteiger partial charge in [-0.25, -0.2) is 4.98 Å². The van der Waals surface area contributed by atoms with E-state index in [2.05, 4.69) is 29.9 Å². The monoisotopic (exact) mass is 339 g/mol. The van der Waals surface area contributed by atoms with Crippen molar-refractivity contribution in [2.45, 2.75) is 25.7 Å². The number of hydrogen-bond donors (Lipinski definition) is 1. The number of halogens is 1. The van der Waals surface area contributed by atoms with Gasteiger partial charge < -0.3 is 9.88 Å². The van der Waals surface area contributed by atoms with Gasteiger partial charge in [0.05, 0.1) is 11.0 Å². The molecule has 2 aromatic carbocycles. The number of H-pyrrole nitrogens is 1. The second kappa shape index (κ2) is 5.08. The summed E-state index contributed by atoms with van der Waals surface area (Å²) in [5, 5.41) is 0.685. The molecule has 4 rings (SSSR count). The second-order valence-corrected chi connectivity index (χ2v) is 7.43. The van der Waals surface area contributed by atoms with Gasteiger partial charge in [0.25, 0.3) is 0 Å². The first-order valence-corrected chi connectivity index (χ1v) is 8.30. The van der Waals surface area contributed by atoms with Gasteiger partial charge in [0.15, 0.2) is 0 Å². The van der Waals surface area contributed by atoms with Crippen LogP contribution in [0, 0.1) is 0 Å². The molecule has 0 saturated heterocycles. The lowest BCUT2D eigenvalue weighted by Crippen LogP contribution is -2.39. The van der Waals surface area contributed by atoms with Crippen molar-refractivity contribution in [1.82, 2.24) is 9.97 Å². The molecular weight excluding hydrogens is 322 g/mol. The van der Waals surface area contributed by atoms with Crippen LogP contribution < -0.4 is 4.90 Å². The Labute approximate surface area is 145 Å². The van der Waals surface area contributed by atoms with E-state index in [1.165, 1.54) is 5.56 Å². The Morgan fingerprint density at radius 2 is 2.00 bits per heavy atom. The van der Waals surface area contributed by atoms with Crippen LogP contribution in [-0.4, -0.2) is 22.9 Å². The number of hydrogen-bond acceptors (Lipinski definition) is 2. The number of aromatic amines is 1. The van der Waals surface area contributed by atoms with Crippen LogP contribution in [0.4, 0.5) is 5.69 Å². The summed E-state index contributed by atoms with van der Waals surface area (Å²) >= 11 is 6.05. The summed E-state index contributed by atoms with van der Waals surface area (Å²) in [5.74, 6) is 0.962. The Bertz CT molecular complexity index is 974. The fourth-order valence-corrected chi connectivity index (χ4v) is 3.53. The van der Waals surface area contributed by atoms with Crippen LogP contribution >= 0.6 is 11.6 Å². The molecule has 1 aliphatic heterocycles. The molecule has 0 radical (unpaired) electrons. The molecule has 3 aromatic rings. The Hall–Kier alpha value is -2.33. The summed E-state index contributed by atoms with van der Waals surface area (Å²) in [7, 11) is 1.83. The lowest BCUT2D eigenvalue weighted by atomic mass is 9.77. The number of imidazole rings is 1. The third kappa shape index (κ3) is 2.29. The van der Waals surface area contributed by atoms with Gasteiger partial charge in [0, 0.05) is 35.2 Å². The predicted octanol–water partition coefficient (Wildman–Crippen LogP) is 4.53. The van der Waals surface area contributed by atoms with Gasteiger partial charge >= 0.3 is 0 Å². The number of amides is 1. The number of carbonyl (C=O) groups is 1. The van der Waals surface area contributed by atoms with Crippen LogP contribution in [0.3, 0.4) is 0 Å². The Morgan fingerprint density at radius 3 is 2.79 bits per heavy atom. The summed E-state index contributed by atoms with van der Waals surface area (Å²) in [6.45, 7) is 4.22. The van der Waals surface area contributed by atoms with Crippen molar-refractivity contribution in [3.8, 4) is 11.4 Å². The van der Waals surface area contributed by atoms with Gasteiger partial charge in [-0.15, -0.1) is 0 Å². The SMILES string of the molecule is CN1C(=O)CC(C)(C)c2cc(-c3nc4ccc(Cl)cc4[nH]3)ccc21. The number of nitrogens with zero attached hydrogens (tertiary/aromatic N) is 2. The molecule has 0 aliphatic carbocycles. The number of rotatable bonds is 1. The molecule has 24 heavy (non-hydrogen) atoms. The molecule has 122 valence electrons. The molecule has 1 aromatic heterocycles. The average Bonchev–Trinajstić information content (AvgIpc) is 2.95. The van der Waals surface area contributed by atoms with Gasteiger partial charge in [-0.3, -0.25) is 4.79 Å². The third-order valence-corrected chi connectivity index (χ3v) is 5.01. The van der Waals surface area contributed by atoms with Crippen LogP contribution in [0.25, 0.3) is 22.4 Å². The smallest absolute Gasteiger partial charge is 0.227 e. The van der Waals surface area contributed by atoms with Gasteiger partial charge in [-0.1, -0.05) is 25.4 Å². The first-order chi connectivity index (χ1) is 11.3. The van der Waals surface area contributed by atoms with E-state index in [1.54, 1.807) is 4.90 Å². The van der Waals surface area contributed by atoms with Crippen LogP contribution in [-0.2, 0) is 10.2 Å². The van der Waals surface area contributed by atoms with E-state index in [-0.39, 0.29) is 11.3 Å². The zero-order valence-corrected chi connectivity index (χ0v) is 14.6. The fraction of sp³-hybridized carbons (Fsp3) is 0.263. The molecule has 0 fully saturated rings. The summed E-state index contributed by atoms with van der Waals surface area (Å²) in [6, 6.07) is 11.8. The largest absolute Gasteiger partial charge is 0.338 e. The van der Waals surface area contributed by atoms with Crippen molar-refractivity contribution < 1.29 is 4.79 Å². The quantitative estimate of drug-likeness (QED) is 0.708. The molecule has 1 aliphatic rings. The highest BCUT2D eigenvalue weighted by molar-refractivity contribution is 6.31. The number of anilines is 1. The molecule has 0 spiro atoms. The Balaban J connectivity index is 1.86. The standard InChI is InChI=1S/C19H18ClN3O/c1-19(2)10-17(24)23(3)16-7-4-11(8-13(16)19)18-21-14-6-5-12(20)9-15(14)22-18/h4-9H,10H2,1-3H3,(H,21,22). The van der Waals surface area contributed by atoms with Crippen molar-refractivity contribution >= 4 is 34.2 Å². The number of benzene rings is 2. The third-order valence-electron chi connectivity index (χ3n) is 4.77. The number of carbonyl (C=O) groups excluding carboxylic acids is 1. The maximum atomic E-state index is 12.2. The second-order valence-electron chi connectivity index (χ2n) is 6.99. The van der Waals surface area contributed by atoms with E-state index in [4.69, 9.17) is 11.6 Å². The molecular formula is C19H18ClN3O. The van der Waals surface area contributed by atoms with E-state index in [0.29, 0.717) is 11.4 Å². The van der Waals surface area contributed by atoms with E-state index >= 15 is 0 Å². The molecule has 2 heterocycles. The molecule has 1 N–H and O–H groups in total. The van der Waals surface area contributed by atoms with Crippen LogP contribution in [0.1, 0.15) is 25.8 Å². The number of nitrogens with one attached hydrogen (secondary N) is 1. The normalized spacial score (nSPS) is 16.5. The van der Waals surface area contributed by atoms with Crippen molar-refractivity contribution in [1.29, 1.82) is 0 Å². The fourth-order valence-electron chi connectivity index (χ4n) is 3.36. The van der Waals surface area contributed by atoms with E-state index in [0.717, 1.165) is 28.1 Å². The molecule has 0 bridgehead atoms. The van der Waals surface area contributed by atoms with Crippen molar-refractivity contribution in [2.75, 3.05) is 11.9 Å². The highest BCUT2D eigenvalue weighted by Gasteiger charge is 2.35. The minimum Gasteiger partial charge on any atom is -0.338 e. The number of aromatic nitrogens is 2. The zero-order chi connectivity index (χ0) is 17.1. The van der Waals surface area contributed by atoms with Crippen molar-refractivity contribution in [2.24, 2.45) is 0 Å². The molecule has 4 nitrogen and oxygen atoms in total.